The molecule has 4 rings (SSSR count). The van der Waals surface area contributed by atoms with Gasteiger partial charge in [-0.15, -0.1) is 0 Å². The van der Waals surface area contributed by atoms with Crippen molar-refractivity contribution in [3.63, 3.8) is 0 Å². The van der Waals surface area contributed by atoms with E-state index in [-0.39, 0.29) is 17.6 Å². The summed E-state index contributed by atoms with van der Waals surface area (Å²) in [6.45, 7) is 1.40. The molecule has 5 nitrogen and oxygen atoms in total. The van der Waals surface area contributed by atoms with Gasteiger partial charge in [-0.3, -0.25) is 4.55 Å². The molecule has 8 heteroatoms. The molecule has 0 aromatic carbocycles. The fraction of sp³-hybridized carbons (Fsp3) is 1.00. The first-order valence-electron chi connectivity index (χ1n) is 8.15. The van der Waals surface area contributed by atoms with Crippen molar-refractivity contribution in [3.8, 4) is 0 Å². The first-order chi connectivity index (χ1) is 10.6. The Morgan fingerprint density at radius 3 is 2.35 bits per heavy atom. The lowest BCUT2D eigenvalue weighted by Gasteiger charge is -2.61. The van der Waals surface area contributed by atoms with Gasteiger partial charge in [0.2, 0.25) is 0 Å². The molecule has 23 heavy (non-hydrogen) atoms. The fourth-order valence-corrected chi connectivity index (χ4v) is 5.70. The van der Waals surface area contributed by atoms with Crippen molar-refractivity contribution in [3.05, 3.63) is 0 Å². The molecule has 0 radical (unpaired) electrons. The Bertz CT molecular complexity index is 548. The molecule has 2 unspecified atom stereocenters. The Kier molecular flexibility index (Phi) is 4.27. The Morgan fingerprint density at radius 1 is 1.22 bits per heavy atom. The second-order valence-electron chi connectivity index (χ2n) is 7.68. The molecule has 0 aromatic rings. The van der Waals surface area contributed by atoms with Crippen LogP contribution < -0.4 is 0 Å². The maximum absolute atomic E-state index is 13.3. The van der Waals surface area contributed by atoms with Crippen molar-refractivity contribution in [2.45, 2.75) is 56.3 Å². The molecule has 0 saturated heterocycles. The van der Waals surface area contributed by atoms with Gasteiger partial charge in [0.1, 0.15) is 6.61 Å². The number of halogens is 2. The Morgan fingerprint density at radius 2 is 1.83 bits per heavy atom. The van der Waals surface area contributed by atoms with Gasteiger partial charge in [0.25, 0.3) is 0 Å². The van der Waals surface area contributed by atoms with E-state index in [0.29, 0.717) is 18.4 Å². The van der Waals surface area contributed by atoms with Crippen LogP contribution in [0, 0.1) is 17.3 Å². The van der Waals surface area contributed by atoms with Crippen LogP contribution in [-0.2, 0) is 19.6 Å². The summed E-state index contributed by atoms with van der Waals surface area (Å²) in [6.07, 6.45) is 5.86. The van der Waals surface area contributed by atoms with Crippen LogP contribution in [0.2, 0.25) is 0 Å². The van der Waals surface area contributed by atoms with Crippen molar-refractivity contribution in [1.82, 2.24) is 0 Å². The number of ether oxygens (including phenoxy) is 2. The van der Waals surface area contributed by atoms with Gasteiger partial charge in [-0.25, -0.2) is 0 Å². The van der Waals surface area contributed by atoms with E-state index in [4.69, 9.17) is 14.0 Å². The van der Waals surface area contributed by atoms with Gasteiger partial charge in [0.05, 0.1) is 12.2 Å². The third-order valence-corrected chi connectivity index (χ3v) is 6.51. The smallest absolute Gasteiger partial charge is 0.375 e. The minimum absolute atomic E-state index is 0.0972. The molecule has 2 atom stereocenters. The average molecular weight is 354 g/mol. The molecule has 0 amide bonds. The van der Waals surface area contributed by atoms with Gasteiger partial charge in [-0.2, -0.15) is 17.2 Å². The third-order valence-electron chi connectivity index (χ3n) is 5.63. The number of hydrogen-bond donors (Lipinski definition) is 1. The molecule has 0 aromatic heterocycles. The molecule has 4 aliphatic rings. The molecular weight excluding hydrogens is 330 g/mol. The van der Waals surface area contributed by atoms with Crippen LogP contribution in [0.25, 0.3) is 0 Å². The summed E-state index contributed by atoms with van der Waals surface area (Å²) in [5.74, 6) is 1.07. The van der Waals surface area contributed by atoms with Gasteiger partial charge in [0, 0.05) is 6.61 Å². The van der Waals surface area contributed by atoms with Gasteiger partial charge in [-0.05, 0) is 62.7 Å². The van der Waals surface area contributed by atoms with Crippen LogP contribution in [0.15, 0.2) is 0 Å². The zero-order valence-electron chi connectivity index (χ0n) is 13.3. The maximum atomic E-state index is 13.3. The molecule has 4 aliphatic carbocycles. The predicted octanol–water partition coefficient (Wildman–Crippen LogP) is 2.86. The van der Waals surface area contributed by atoms with E-state index < -0.39 is 22.0 Å². The monoisotopic (exact) mass is 354 g/mol. The summed E-state index contributed by atoms with van der Waals surface area (Å²) >= 11 is 0. The number of rotatable bonds is 7. The molecule has 134 valence electrons. The van der Waals surface area contributed by atoms with E-state index in [1.165, 1.54) is 0 Å². The summed E-state index contributed by atoms with van der Waals surface area (Å²) in [4.78, 5) is 0. The van der Waals surface area contributed by atoms with Crippen molar-refractivity contribution in [2.75, 3.05) is 19.8 Å². The lowest BCUT2D eigenvalue weighted by molar-refractivity contribution is -0.206. The van der Waals surface area contributed by atoms with E-state index >= 15 is 0 Å². The molecule has 4 bridgehead atoms. The van der Waals surface area contributed by atoms with Crippen molar-refractivity contribution < 1.29 is 31.2 Å². The number of hydrogen-bond acceptors (Lipinski definition) is 4. The second-order valence-corrected chi connectivity index (χ2v) is 9.23. The van der Waals surface area contributed by atoms with Crippen LogP contribution >= 0.6 is 0 Å². The van der Waals surface area contributed by atoms with E-state index in [9.17, 15) is 17.2 Å². The summed E-state index contributed by atoms with van der Waals surface area (Å²) in [5, 5.41) is -4.26. The highest BCUT2D eigenvalue weighted by atomic mass is 32.2. The first kappa shape index (κ1) is 17.5. The average Bonchev–Trinajstić information content (AvgIpc) is 2.34. The normalized spacial score (nSPS) is 39.8. The van der Waals surface area contributed by atoms with Crippen LogP contribution in [-0.4, -0.2) is 43.6 Å². The van der Waals surface area contributed by atoms with Gasteiger partial charge in [0.15, 0.2) is 0 Å². The zero-order valence-corrected chi connectivity index (χ0v) is 14.1. The first-order valence-corrected chi connectivity index (χ1v) is 9.59. The van der Waals surface area contributed by atoms with Crippen molar-refractivity contribution in [1.29, 1.82) is 0 Å². The predicted molar refractivity (Wildman–Crippen MR) is 78.8 cm³/mol. The highest BCUT2D eigenvalue weighted by Gasteiger charge is 2.58. The topological polar surface area (TPSA) is 72.8 Å². The molecule has 4 saturated carbocycles. The van der Waals surface area contributed by atoms with E-state index in [1.807, 2.05) is 6.92 Å². The van der Waals surface area contributed by atoms with Crippen LogP contribution in [0.1, 0.15) is 45.4 Å². The lowest BCUT2D eigenvalue weighted by atomic mass is 9.48. The molecular formula is C15H24F2O5S. The van der Waals surface area contributed by atoms with Crippen LogP contribution in [0.3, 0.4) is 0 Å². The van der Waals surface area contributed by atoms with E-state index in [1.54, 1.807) is 0 Å². The van der Waals surface area contributed by atoms with E-state index in [0.717, 1.165) is 38.5 Å². The largest absolute Gasteiger partial charge is 0.392 e. The van der Waals surface area contributed by atoms with Crippen LogP contribution in [0.5, 0.6) is 0 Å². The maximum Gasteiger partial charge on any atom is 0.392 e. The quantitative estimate of drug-likeness (QED) is 0.712. The summed E-state index contributed by atoms with van der Waals surface area (Å²) in [5.41, 5.74) is -0.359. The molecule has 1 N–H and O–H groups in total. The van der Waals surface area contributed by atoms with Crippen LogP contribution in [0.4, 0.5) is 8.78 Å². The molecule has 0 aliphatic heterocycles. The second kappa shape index (κ2) is 5.61. The summed E-state index contributed by atoms with van der Waals surface area (Å²) in [7, 11) is -5.43. The highest BCUT2D eigenvalue weighted by Crippen LogP contribution is 2.62. The fourth-order valence-electron chi connectivity index (χ4n) is 5.47. The third kappa shape index (κ3) is 3.27. The van der Waals surface area contributed by atoms with Crippen molar-refractivity contribution in [2.24, 2.45) is 17.3 Å². The Labute approximate surface area is 135 Å². The Balaban J connectivity index is 1.66. The van der Waals surface area contributed by atoms with Gasteiger partial charge in [-0.1, -0.05) is 0 Å². The molecule has 0 heterocycles. The minimum atomic E-state index is -5.43. The Hall–Kier alpha value is -0.310. The lowest BCUT2D eigenvalue weighted by Crippen LogP contribution is -2.58. The molecule has 4 fully saturated rings. The number of alkyl halides is 2. The SMILES string of the molecule is CCOC12CC3CC(CC(COCC(F)(F)S(=O)(=O)O)(C3)C1)C2. The highest BCUT2D eigenvalue weighted by molar-refractivity contribution is 7.86. The van der Waals surface area contributed by atoms with Gasteiger partial charge < -0.3 is 9.47 Å². The standard InChI is InChI=1S/C15H24F2O5S/c1-2-22-14-6-11-3-12(7-14)5-13(4-11,8-14)9-21-10-15(16,17)23(18,19)20/h11-12H,2-10H2,1H3,(H,18,19,20). The van der Waals surface area contributed by atoms with Crippen molar-refractivity contribution >= 4 is 10.1 Å². The van der Waals surface area contributed by atoms with E-state index in [2.05, 4.69) is 0 Å². The summed E-state index contributed by atoms with van der Waals surface area (Å²) < 4.78 is 67.6. The van der Waals surface area contributed by atoms with Gasteiger partial charge >= 0.3 is 15.4 Å². The molecule has 0 spiro atoms. The summed E-state index contributed by atoms with van der Waals surface area (Å²) in [6, 6.07) is 0. The minimum Gasteiger partial charge on any atom is -0.375 e. The zero-order chi connectivity index (χ0) is 16.9.